The zero-order valence-electron chi connectivity index (χ0n) is 10.2. The van der Waals surface area contributed by atoms with Gasteiger partial charge < -0.3 is 4.42 Å². The fourth-order valence-electron chi connectivity index (χ4n) is 1.33. The minimum absolute atomic E-state index is 0.342. The fourth-order valence-corrected chi connectivity index (χ4v) is 1.95. The smallest absolute Gasteiger partial charge is 0.279 e. The number of furan rings is 1. The molecule has 0 bridgehead atoms. The zero-order valence-corrected chi connectivity index (χ0v) is 11.0. The summed E-state index contributed by atoms with van der Waals surface area (Å²) in [7, 11) is 0. The van der Waals surface area contributed by atoms with Crippen molar-refractivity contribution in [3.8, 4) is 0 Å². The Balaban J connectivity index is 1.82. The van der Waals surface area contributed by atoms with E-state index in [4.69, 9.17) is 4.42 Å². The average molecular weight is 276 g/mol. The van der Waals surface area contributed by atoms with Crippen LogP contribution in [0.4, 0.5) is 0 Å². The van der Waals surface area contributed by atoms with E-state index >= 15 is 0 Å². The molecule has 2 rings (SSSR count). The number of nitrogens with one attached hydrogen (secondary N) is 2. The number of hydrogen-bond acceptors (Lipinski definition) is 4. The van der Waals surface area contributed by atoms with Crippen molar-refractivity contribution in [2.75, 3.05) is 0 Å². The van der Waals surface area contributed by atoms with Crippen molar-refractivity contribution in [1.82, 2.24) is 10.9 Å². The number of rotatable bonds is 3. The maximum absolute atomic E-state index is 11.5. The average Bonchev–Trinajstić information content (AvgIpc) is 3.04. The lowest BCUT2D eigenvalue weighted by Crippen LogP contribution is -2.40. The van der Waals surface area contributed by atoms with E-state index in [0.717, 1.165) is 5.76 Å². The van der Waals surface area contributed by atoms with Crippen LogP contribution in [-0.2, 0) is 4.79 Å². The molecule has 0 spiro atoms. The summed E-state index contributed by atoms with van der Waals surface area (Å²) in [6.07, 6.45) is 2.81. The van der Waals surface area contributed by atoms with Gasteiger partial charge in [-0.25, -0.2) is 0 Å². The van der Waals surface area contributed by atoms with Crippen molar-refractivity contribution in [2.24, 2.45) is 0 Å². The lowest BCUT2D eigenvalue weighted by atomic mass is 10.4. The van der Waals surface area contributed by atoms with Crippen LogP contribution in [0.15, 0.2) is 40.1 Å². The second-order valence-corrected chi connectivity index (χ2v) is 4.65. The topological polar surface area (TPSA) is 71.3 Å². The van der Waals surface area contributed by atoms with Crippen LogP contribution in [-0.4, -0.2) is 11.8 Å². The molecule has 0 atom stereocenters. The molecule has 2 heterocycles. The van der Waals surface area contributed by atoms with E-state index in [1.54, 1.807) is 29.6 Å². The van der Waals surface area contributed by atoms with Crippen molar-refractivity contribution < 1.29 is 14.0 Å². The number of amides is 2. The standard InChI is InChI=1S/C13H12N2O3S/c1-9-4-5-10(18-9)6-7-12(16)14-15-13(17)11-3-2-8-19-11/h2-8H,1H3,(H,14,16)(H,15,17). The van der Waals surface area contributed by atoms with Gasteiger partial charge in [-0.15, -0.1) is 11.3 Å². The molecule has 6 heteroatoms. The van der Waals surface area contributed by atoms with Gasteiger partial charge in [-0.2, -0.15) is 0 Å². The first-order valence-electron chi connectivity index (χ1n) is 5.53. The quantitative estimate of drug-likeness (QED) is 0.666. The van der Waals surface area contributed by atoms with Gasteiger partial charge in [-0.1, -0.05) is 6.07 Å². The van der Waals surface area contributed by atoms with Gasteiger partial charge in [-0.3, -0.25) is 20.4 Å². The number of aryl methyl sites for hydroxylation is 1. The van der Waals surface area contributed by atoms with Crippen molar-refractivity contribution in [2.45, 2.75) is 6.92 Å². The Morgan fingerprint density at radius 1 is 1.26 bits per heavy atom. The lowest BCUT2D eigenvalue weighted by Gasteiger charge is -2.02. The van der Waals surface area contributed by atoms with Crippen molar-refractivity contribution >= 4 is 29.2 Å². The summed E-state index contributed by atoms with van der Waals surface area (Å²) in [6.45, 7) is 1.82. The Morgan fingerprint density at radius 2 is 2.11 bits per heavy atom. The first kappa shape index (κ1) is 13.1. The number of carbonyl (C=O) groups excluding carboxylic acids is 2. The van der Waals surface area contributed by atoms with Gasteiger partial charge in [0.2, 0.25) is 0 Å². The van der Waals surface area contributed by atoms with Gasteiger partial charge in [0.05, 0.1) is 4.88 Å². The maximum Gasteiger partial charge on any atom is 0.279 e. The van der Waals surface area contributed by atoms with Crippen LogP contribution in [0.25, 0.3) is 6.08 Å². The van der Waals surface area contributed by atoms with Gasteiger partial charge in [0.15, 0.2) is 0 Å². The minimum atomic E-state index is -0.432. The van der Waals surface area contributed by atoms with Crippen molar-refractivity contribution in [3.05, 3.63) is 52.1 Å². The minimum Gasteiger partial charge on any atom is -0.462 e. The third-order valence-electron chi connectivity index (χ3n) is 2.20. The van der Waals surface area contributed by atoms with Gasteiger partial charge in [0.25, 0.3) is 11.8 Å². The Labute approximate surface area is 113 Å². The molecule has 98 valence electrons. The summed E-state index contributed by atoms with van der Waals surface area (Å²) < 4.78 is 5.27. The summed E-state index contributed by atoms with van der Waals surface area (Å²) in [5, 5.41) is 1.79. The molecule has 0 fully saturated rings. The monoisotopic (exact) mass is 276 g/mol. The lowest BCUT2D eigenvalue weighted by molar-refractivity contribution is -0.117. The zero-order chi connectivity index (χ0) is 13.7. The van der Waals surface area contributed by atoms with Crippen LogP contribution in [0, 0.1) is 6.92 Å². The third kappa shape index (κ3) is 3.82. The largest absolute Gasteiger partial charge is 0.462 e. The molecule has 0 unspecified atom stereocenters. The second kappa shape index (κ2) is 6.01. The van der Waals surface area contributed by atoms with E-state index in [1.807, 2.05) is 6.92 Å². The molecule has 2 aromatic heterocycles. The summed E-state index contributed by atoms with van der Waals surface area (Å²) in [5.41, 5.74) is 4.60. The Hall–Kier alpha value is -2.34. The van der Waals surface area contributed by atoms with E-state index in [-0.39, 0.29) is 5.91 Å². The molecular weight excluding hydrogens is 264 g/mol. The Kier molecular flexibility index (Phi) is 4.15. The van der Waals surface area contributed by atoms with Crippen LogP contribution >= 0.6 is 11.3 Å². The molecule has 19 heavy (non-hydrogen) atoms. The molecule has 5 nitrogen and oxygen atoms in total. The van der Waals surface area contributed by atoms with E-state index in [9.17, 15) is 9.59 Å². The summed E-state index contributed by atoms with van der Waals surface area (Å²) >= 11 is 1.30. The molecule has 2 aromatic rings. The van der Waals surface area contributed by atoms with Gasteiger partial charge in [0, 0.05) is 6.08 Å². The number of hydrogen-bond donors (Lipinski definition) is 2. The Morgan fingerprint density at radius 3 is 2.74 bits per heavy atom. The number of hydrazine groups is 1. The third-order valence-corrected chi connectivity index (χ3v) is 3.07. The highest BCUT2D eigenvalue weighted by molar-refractivity contribution is 7.12. The first-order chi connectivity index (χ1) is 9.15. The Bertz CT molecular complexity index is 599. The van der Waals surface area contributed by atoms with Gasteiger partial charge in [-0.05, 0) is 36.6 Å². The van der Waals surface area contributed by atoms with Crippen LogP contribution in [0.5, 0.6) is 0 Å². The molecule has 2 N–H and O–H groups in total. The normalized spacial score (nSPS) is 10.6. The SMILES string of the molecule is Cc1ccc(C=CC(=O)NNC(=O)c2cccs2)o1. The van der Waals surface area contributed by atoms with Gasteiger partial charge in [0.1, 0.15) is 11.5 Å². The van der Waals surface area contributed by atoms with Crippen LogP contribution in [0.3, 0.4) is 0 Å². The van der Waals surface area contributed by atoms with Crippen LogP contribution in [0.2, 0.25) is 0 Å². The van der Waals surface area contributed by atoms with E-state index in [1.165, 1.54) is 23.5 Å². The first-order valence-corrected chi connectivity index (χ1v) is 6.41. The van der Waals surface area contributed by atoms with E-state index in [2.05, 4.69) is 10.9 Å². The predicted octanol–water partition coefficient (Wildman–Crippen LogP) is 2.12. The summed E-state index contributed by atoms with van der Waals surface area (Å²) in [5.74, 6) is 0.577. The molecule has 0 saturated carbocycles. The highest BCUT2D eigenvalue weighted by Gasteiger charge is 2.06. The predicted molar refractivity (Wildman–Crippen MR) is 72.4 cm³/mol. The fraction of sp³-hybridized carbons (Fsp3) is 0.0769. The van der Waals surface area contributed by atoms with Crippen molar-refractivity contribution in [1.29, 1.82) is 0 Å². The highest BCUT2D eigenvalue weighted by atomic mass is 32.1. The molecule has 0 aliphatic carbocycles. The van der Waals surface area contributed by atoms with Crippen molar-refractivity contribution in [3.63, 3.8) is 0 Å². The summed E-state index contributed by atoms with van der Waals surface area (Å²) in [4.78, 5) is 23.5. The van der Waals surface area contributed by atoms with Crippen LogP contribution in [0.1, 0.15) is 21.2 Å². The van der Waals surface area contributed by atoms with E-state index < -0.39 is 5.91 Å². The highest BCUT2D eigenvalue weighted by Crippen LogP contribution is 2.08. The molecule has 0 aliphatic rings. The molecular formula is C13H12N2O3S. The maximum atomic E-state index is 11.5. The number of carbonyl (C=O) groups is 2. The molecule has 0 radical (unpaired) electrons. The van der Waals surface area contributed by atoms with Gasteiger partial charge >= 0.3 is 0 Å². The number of thiophene rings is 1. The van der Waals surface area contributed by atoms with E-state index in [0.29, 0.717) is 10.6 Å². The van der Waals surface area contributed by atoms with Crippen LogP contribution < -0.4 is 10.9 Å². The molecule has 0 aliphatic heterocycles. The second-order valence-electron chi connectivity index (χ2n) is 3.70. The summed E-state index contributed by atoms with van der Waals surface area (Å²) in [6, 6.07) is 6.99. The molecule has 0 aromatic carbocycles. The molecule has 0 saturated heterocycles. The molecule has 2 amide bonds.